The molecule has 18 heavy (non-hydrogen) atoms. The SMILES string of the molecule is Cc1nnc(CNC(=O)[C@@H]2NC(=O)CNC2=O)o1. The van der Waals surface area contributed by atoms with Crippen LogP contribution in [0.25, 0.3) is 0 Å². The van der Waals surface area contributed by atoms with Crippen LogP contribution in [0, 0.1) is 6.92 Å². The molecule has 0 unspecified atom stereocenters. The second kappa shape index (κ2) is 4.82. The first kappa shape index (κ1) is 12.0. The Hall–Kier alpha value is -2.45. The Kier molecular flexibility index (Phi) is 3.22. The van der Waals surface area contributed by atoms with Gasteiger partial charge in [0.05, 0.1) is 13.1 Å². The Balaban J connectivity index is 1.91. The molecule has 1 atom stereocenters. The number of nitrogens with one attached hydrogen (secondary N) is 3. The Morgan fingerprint density at radius 2 is 2.28 bits per heavy atom. The van der Waals surface area contributed by atoms with Gasteiger partial charge in [-0.1, -0.05) is 0 Å². The molecule has 1 aliphatic heterocycles. The zero-order valence-electron chi connectivity index (χ0n) is 9.52. The second-order valence-corrected chi connectivity index (χ2v) is 3.65. The van der Waals surface area contributed by atoms with Gasteiger partial charge in [-0.2, -0.15) is 0 Å². The van der Waals surface area contributed by atoms with E-state index in [-0.39, 0.29) is 19.0 Å². The number of aromatic nitrogens is 2. The molecule has 0 spiro atoms. The van der Waals surface area contributed by atoms with Gasteiger partial charge in [-0.3, -0.25) is 14.4 Å². The molecule has 9 nitrogen and oxygen atoms in total. The van der Waals surface area contributed by atoms with Crippen LogP contribution in [0.3, 0.4) is 0 Å². The number of nitrogens with zero attached hydrogens (tertiary/aromatic N) is 2. The maximum absolute atomic E-state index is 11.7. The minimum atomic E-state index is -1.23. The molecule has 3 amide bonds. The third-order valence-corrected chi connectivity index (χ3v) is 2.23. The van der Waals surface area contributed by atoms with Crippen LogP contribution in [0.1, 0.15) is 11.8 Å². The van der Waals surface area contributed by atoms with Crippen molar-refractivity contribution < 1.29 is 18.8 Å². The summed E-state index contributed by atoms with van der Waals surface area (Å²) in [6.45, 7) is 1.50. The number of carbonyl (C=O) groups excluding carboxylic acids is 3. The van der Waals surface area contributed by atoms with Crippen LogP contribution in [0.5, 0.6) is 0 Å². The summed E-state index contributed by atoms with van der Waals surface area (Å²) in [5.74, 6) is -0.986. The molecule has 0 bridgehead atoms. The highest BCUT2D eigenvalue weighted by Crippen LogP contribution is 1.98. The highest BCUT2D eigenvalue weighted by atomic mass is 16.4. The molecule has 1 aromatic rings. The van der Waals surface area contributed by atoms with Crippen LogP contribution in [-0.2, 0) is 20.9 Å². The molecule has 0 saturated carbocycles. The van der Waals surface area contributed by atoms with Crippen molar-refractivity contribution >= 4 is 17.7 Å². The van der Waals surface area contributed by atoms with Gasteiger partial charge >= 0.3 is 0 Å². The van der Waals surface area contributed by atoms with E-state index in [1.807, 2.05) is 0 Å². The molecule has 2 rings (SSSR count). The van der Waals surface area contributed by atoms with E-state index in [9.17, 15) is 14.4 Å². The lowest BCUT2D eigenvalue weighted by Crippen LogP contribution is -2.61. The number of hydrogen-bond donors (Lipinski definition) is 3. The quantitative estimate of drug-likeness (QED) is 0.516. The Morgan fingerprint density at radius 1 is 1.50 bits per heavy atom. The summed E-state index contributed by atoms with van der Waals surface area (Å²) in [5, 5.41) is 14.3. The molecule has 0 aromatic carbocycles. The third-order valence-electron chi connectivity index (χ3n) is 2.23. The normalized spacial score (nSPS) is 19.1. The van der Waals surface area contributed by atoms with Gasteiger partial charge in [0.1, 0.15) is 0 Å². The standard InChI is InChI=1S/C9H11N5O4/c1-4-13-14-6(18-4)3-11-9(17)7-8(16)10-2-5(15)12-7/h7H,2-3H2,1H3,(H,10,16)(H,11,17)(H,12,15)/t7-/m1/s1. The van der Waals surface area contributed by atoms with Gasteiger partial charge in [-0.15, -0.1) is 10.2 Å². The van der Waals surface area contributed by atoms with Gasteiger partial charge in [-0.25, -0.2) is 0 Å². The molecule has 1 fully saturated rings. The summed E-state index contributed by atoms with van der Waals surface area (Å²) in [7, 11) is 0. The summed E-state index contributed by atoms with van der Waals surface area (Å²) in [5.41, 5.74) is 0. The Bertz CT molecular complexity index is 497. The first-order valence-corrected chi connectivity index (χ1v) is 5.20. The monoisotopic (exact) mass is 253 g/mol. The van der Waals surface area contributed by atoms with Crippen molar-refractivity contribution in [3.05, 3.63) is 11.8 Å². The lowest BCUT2D eigenvalue weighted by atomic mass is 10.2. The topological polar surface area (TPSA) is 126 Å². The van der Waals surface area contributed by atoms with Gasteiger partial charge in [0, 0.05) is 6.92 Å². The second-order valence-electron chi connectivity index (χ2n) is 3.65. The molecule has 1 aliphatic rings. The average molecular weight is 253 g/mol. The van der Waals surface area contributed by atoms with Crippen molar-refractivity contribution in [2.24, 2.45) is 0 Å². The summed E-state index contributed by atoms with van der Waals surface area (Å²) >= 11 is 0. The lowest BCUT2D eigenvalue weighted by molar-refractivity contribution is -0.140. The molecule has 0 radical (unpaired) electrons. The number of aryl methyl sites for hydroxylation is 1. The Labute approximate surface area is 101 Å². The van der Waals surface area contributed by atoms with E-state index in [4.69, 9.17) is 4.42 Å². The van der Waals surface area contributed by atoms with Crippen LogP contribution in [0.2, 0.25) is 0 Å². The fourth-order valence-corrected chi connectivity index (χ4v) is 1.41. The van der Waals surface area contributed by atoms with Crippen molar-refractivity contribution in [3.8, 4) is 0 Å². The molecule has 1 saturated heterocycles. The predicted molar refractivity (Wildman–Crippen MR) is 55.8 cm³/mol. The largest absolute Gasteiger partial charge is 0.424 e. The first-order valence-electron chi connectivity index (χ1n) is 5.20. The zero-order chi connectivity index (χ0) is 13.1. The maximum Gasteiger partial charge on any atom is 0.252 e. The number of hydrogen-bond acceptors (Lipinski definition) is 6. The first-order chi connectivity index (χ1) is 8.56. The molecule has 1 aromatic heterocycles. The van der Waals surface area contributed by atoms with Crippen molar-refractivity contribution in [1.29, 1.82) is 0 Å². The highest BCUT2D eigenvalue weighted by molar-refractivity contribution is 6.09. The van der Waals surface area contributed by atoms with Gasteiger partial charge in [0.2, 0.25) is 17.7 Å². The minimum Gasteiger partial charge on any atom is -0.424 e. The van der Waals surface area contributed by atoms with Gasteiger partial charge in [-0.05, 0) is 0 Å². The molecular formula is C9H11N5O4. The molecule has 96 valence electrons. The molecule has 0 aliphatic carbocycles. The van der Waals surface area contributed by atoms with E-state index in [0.29, 0.717) is 5.89 Å². The number of rotatable bonds is 3. The molecule has 3 N–H and O–H groups in total. The third kappa shape index (κ3) is 2.62. The van der Waals surface area contributed by atoms with Crippen LogP contribution >= 0.6 is 0 Å². The van der Waals surface area contributed by atoms with E-state index < -0.39 is 23.8 Å². The van der Waals surface area contributed by atoms with Crippen molar-refractivity contribution in [1.82, 2.24) is 26.1 Å². The number of piperazine rings is 1. The van der Waals surface area contributed by atoms with Gasteiger partial charge in [0.25, 0.3) is 11.8 Å². The number of amides is 3. The van der Waals surface area contributed by atoms with E-state index >= 15 is 0 Å². The van der Waals surface area contributed by atoms with Crippen LogP contribution < -0.4 is 16.0 Å². The van der Waals surface area contributed by atoms with E-state index in [1.54, 1.807) is 6.92 Å². The number of carbonyl (C=O) groups is 3. The zero-order valence-corrected chi connectivity index (χ0v) is 9.52. The highest BCUT2D eigenvalue weighted by Gasteiger charge is 2.32. The maximum atomic E-state index is 11.7. The minimum absolute atomic E-state index is 0.000671. The summed E-state index contributed by atoms with van der Waals surface area (Å²) in [6.07, 6.45) is 0. The molecular weight excluding hydrogens is 242 g/mol. The van der Waals surface area contributed by atoms with E-state index in [1.165, 1.54) is 0 Å². The van der Waals surface area contributed by atoms with E-state index in [2.05, 4.69) is 26.1 Å². The average Bonchev–Trinajstić information content (AvgIpc) is 2.75. The Morgan fingerprint density at radius 3 is 2.94 bits per heavy atom. The van der Waals surface area contributed by atoms with Crippen molar-refractivity contribution in [2.75, 3.05) is 6.54 Å². The fraction of sp³-hybridized carbons (Fsp3) is 0.444. The fourth-order valence-electron chi connectivity index (χ4n) is 1.41. The summed E-state index contributed by atoms with van der Waals surface area (Å²) in [6, 6.07) is -1.23. The van der Waals surface area contributed by atoms with Crippen molar-refractivity contribution in [3.63, 3.8) is 0 Å². The van der Waals surface area contributed by atoms with Crippen LogP contribution in [0.4, 0.5) is 0 Å². The van der Waals surface area contributed by atoms with Gasteiger partial charge < -0.3 is 20.4 Å². The summed E-state index contributed by atoms with van der Waals surface area (Å²) in [4.78, 5) is 34.1. The van der Waals surface area contributed by atoms with Crippen LogP contribution in [-0.4, -0.2) is 40.5 Å². The smallest absolute Gasteiger partial charge is 0.252 e. The molecule has 9 heteroatoms. The van der Waals surface area contributed by atoms with Crippen LogP contribution in [0.15, 0.2) is 4.42 Å². The van der Waals surface area contributed by atoms with Crippen molar-refractivity contribution in [2.45, 2.75) is 19.5 Å². The molecule has 2 heterocycles. The van der Waals surface area contributed by atoms with E-state index in [0.717, 1.165) is 0 Å². The summed E-state index contributed by atoms with van der Waals surface area (Å²) < 4.78 is 5.04. The van der Waals surface area contributed by atoms with Gasteiger partial charge in [0.15, 0.2) is 6.04 Å². The lowest BCUT2D eigenvalue weighted by Gasteiger charge is -2.21. The predicted octanol–water partition coefficient (Wildman–Crippen LogP) is -2.39.